The number of fused-ring (bicyclic) bond motifs is 1. The normalized spacial score (nSPS) is 13.5. The van der Waals surface area contributed by atoms with E-state index in [2.05, 4.69) is 4.98 Å². The van der Waals surface area contributed by atoms with E-state index in [1.165, 1.54) is 30.5 Å². The highest BCUT2D eigenvalue weighted by atomic mass is 19.4. The van der Waals surface area contributed by atoms with Crippen LogP contribution in [0, 0.1) is 11.7 Å². The minimum atomic E-state index is -4.59. The van der Waals surface area contributed by atoms with Crippen LogP contribution in [0.1, 0.15) is 32.8 Å². The van der Waals surface area contributed by atoms with Crippen molar-refractivity contribution in [3.63, 3.8) is 0 Å². The van der Waals surface area contributed by atoms with Crippen LogP contribution in [0.2, 0.25) is 0 Å². The van der Waals surface area contributed by atoms with Gasteiger partial charge in [0.05, 0.1) is 17.7 Å². The molecule has 0 unspecified atom stereocenters. The number of hydrogen-bond donors (Lipinski definition) is 1. The number of aromatic nitrogens is 1. The van der Waals surface area contributed by atoms with E-state index in [0.29, 0.717) is 28.5 Å². The van der Waals surface area contributed by atoms with Crippen LogP contribution in [-0.2, 0) is 6.18 Å². The molecule has 160 valence electrons. The van der Waals surface area contributed by atoms with Gasteiger partial charge in [-0.3, -0.25) is 4.98 Å². The molecule has 0 aliphatic heterocycles. The standard InChI is InChI=1S/C23H24F4N2O/c1-14(12-22(2,3)28)13-30-21-7-4-15(10-19(21)23(25,26)27)17-8-9-29-20-11-16(24)5-6-18(17)20/h4-11,14H,12-13,28H2,1-3H3/t14-/m0/s1. The highest BCUT2D eigenvalue weighted by Gasteiger charge is 2.35. The van der Waals surface area contributed by atoms with Crippen LogP contribution in [0.5, 0.6) is 5.75 Å². The molecule has 0 aliphatic carbocycles. The van der Waals surface area contributed by atoms with Gasteiger partial charge < -0.3 is 10.5 Å². The van der Waals surface area contributed by atoms with E-state index in [1.54, 1.807) is 12.1 Å². The monoisotopic (exact) mass is 420 g/mol. The summed E-state index contributed by atoms with van der Waals surface area (Å²) >= 11 is 0. The Labute approximate surface area is 172 Å². The number of hydrogen-bond acceptors (Lipinski definition) is 3. The fourth-order valence-corrected chi connectivity index (χ4v) is 3.61. The Morgan fingerprint density at radius 1 is 1.07 bits per heavy atom. The smallest absolute Gasteiger partial charge is 0.419 e. The Hall–Kier alpha value is -2.67. The number of nitrogens with two attached hydrogens (primary N) is 1. The fourth-order valence-electron chi connectivity index (χ4n) is 3.61. The van der Waals surface area contributed by atoms with Gasteiger partial charge in [-0.15, -0.1) is 0 Å². The summed E-state index contributed by atoms with van der Waals surface area (Å²) in [6.07, 6.45) is -2.52. The van der Waals surface area contributed by atoms with Crippen molar-refractivity contribution < 1.29 is 22.3 Å². The second kappa shape index (κ2) is 8.22. The average molecular weight is 420 g/mol. The van der Waals surface area contributed by atoms with E-state index >= 15 is 0 Å². The molecule has 2 N–H and O–H groups in total. The number of benzene rings is 2. The molecular weight excluding hydrogens is 396 g/mol. The highest BCUT2D eigenvalue weighted by molar-refractivity contribution is 5.94. The SMILES string of the molecule is C[C@H](COc1ccc(-c2ccnc3cc(F)ccc23)cc1C(F)(F)F)CC(C)(C)N. The number of rotatable bonds is 6. The Morgan fingerprint density at radius 3 is 2.47 bits per heavy atom. The van der Waals surface area contributed by atoms with Gasteiger partial charge in [0.25, 0.3) is 0 Å². The van der Waals surface area contributed by atoms with Gasteiger partial charge in [0.15, 0.2) is 0 Å². The molecule has 3 aromatic rings. The molecule has 0 saturated carbocycles. The van der Waals surface area contributed by atoms with Gasteiger partial charge in [0.2, 0.25) is 0 Å². The largest absolute Gasteiger partial charge is 0.493 e. The lowest BCUT2D eigenvalue weighted by Crippen LogP contribution is -2.35. The lowest BCUT2D eigenvalue weighted by Gasteiger charge is -2.24. The summed E-state index contributed by atoms with van der Waals surface area (Å²) in [4.78, 5) is 4.10. The molecule has 0 radical (unpaired) electrons. The second-order valence-electron chi connectivity index (χ2n) is 8.34. The third-order valence-electron chi connectivity index (χ3n) is 4.70. The van der Waals surface area contributed by atoms with Gasteiger partial charge in [-0.1, -0.05) is 13.0 Å². The molecule has 3 rings (SSSR count). The average Bonchev–Trinajstić information content (AvgIpc) is 2.63. The van der Waals surface area contributed by atoms with Crippen molar-refractivity contribution in [3.8, 4) is 16.9 Å². The van der Waals surface area contributed by atoms with Crippen LogP contribution in [0.3, 0.4) is 0 Å². The summed E-state index contributed by atoms with van der Waals surface area (Å²) < 4.78 is 60.2. The van der Waals surface area contributed by atoms with Crippen molar-refractivity contribution in [2.24, 2.45) is 11.7 Å². The van der Waals surface area contributed by atoms with Crippen LogP contribution in [0.25, 0.3) is 22.0 Å². The maximum absolute atomic E-state index is 13.7. The topological polar surface area (TPSA) is 48.1 Å². The van der Waals surface area contributed by atoms with Gasteiger partial charge >= 0.3 is 6.18 Å². The molecule has 1 aromatic heterocycles. The van der Waals surface area contributed by atoms with E-state index in [0.717, 1.165) is 6.07 Å². The first kappa shape index (κ1) is 22.0. The van der Waals surface area contributed by atoms with E-state index in [-0.39, 0.29) is 18.3 Å². The molecule has 1 heterocycles. The second-order valence-corrected chi connectivity index (χ2v) is 8.34. The number of pyridine rings is 1. The zero-order valence-corrected chi connectivity index (χ0v) is 17.1. The molecular formula is C23H24F4N2O. The van der Waals surface area contributed by atoms with E-state index < -0.39 is 23.1 Å². The molecule has 2 aromatic carbocycles. The first-order chi connectivity index (χ1) is 13.9. The fraction of sp³-hybridized carbons (Fsp3) is 0.348. The number of ether oxygens (including phenoxy) is 1. The Balaban J connectivity index is 1.96. The van der Waals surface area contributed by atoms with Crippen LogP contribution in [-0.4, -0.2) is 17.1 Å². The van der Waals surface area contributed by atoms with Gasteiger partial charge in [0, 0.05) is 23.2 Å². The Morgan fingerprint density at radius 2 is 1.80 bits per heavy atom. The Kier molecular flexibility index (Phi) is 6.04. The molecule has 7 heteroatoms. The lowest BCUT2D eigenvalue weighted by molar-refractivity contribution is -0.139. The zero-order valence-electron chi connectivity index (χ0n) is 17.1. The molecule has 0 amide bonds. The van der Waals surface area contributed by atoms with Gasteiger partial charge in [-0.2, -0.15) is 13.2 Å². The van der Waals surface area contributed by atoms with Gasteiger partial charge in [0.1, 0.15) is 11.6 Å². The number of alkyl halides is 3. The van der Waals surface area contributed by atoms with Crippen molar-refractivity contribution in [1.29, 1.82) is 0 Å². The van der Waals surface area contributed by atoms with E-state index in [1.807, 2.05) is 20.8 Å². The minimum Gasteiger partial charge on any atom is -0.493 e. The maximum Gasteiger partial charge on any atom is 0.419 e. The summed E-state index contributed by atoms with van der Waals surface area (Å²) in [5, 5.41) is 0.569. The van der Waals surface area contributed by atoms with Crippen LogP contribution >= 0.6 is 0 Å². The van der Waals surface area contributed by atoms with Crippen molar-refractivity contribution in [3.05, 3.63) is 60.0 Å². The van der Waals surface area contributed by atoms with E-state index in [4.69, 9.17) is 10.5 Å². The summed E-state index contributed by atoms with van der Waals surface area (Å²) in [6.45, 7) is 5.74. The number of nitrogens with zero attached hydrogens (tertiary/aromatic N) is 1. The third kappa shape index (κ3) is 5.27. The minimum absolute atomic E-state index is 0.00945. The zero-order chi connectivity index (χ0) is 22.1. The highest BCUT2D eigenvalue weighted by Crippen LogP contribution is 2.40. The van der Waals surface area contributed by atoms with Crippen LogP contribution < -0.4 is 10.5 Å². The molecule has 0 spiro atoms. The molecule has 1 atom stereocenters. The summed E-state index contributed by atoms with van der Waals surface area (Å²) in [5.74, 6) is -0.691. The summed E-state index contributed by atoms with van der Waals surface area (Å²) in [5.41, 5.74) is 5.96. The van der Waals surface area contributed by atoms with E-state index in [9.17, 15) is 17.6 Å². The van der Waals surface area contributed by atoms with Gasteiger partial charge in [-0.05, 0) is 67.6 Å². The van der Waals surface area contributed by atoms with Crippen molar-refractivity contribution in [2.75, 3.05) is 6.61 Å². The van der Waals surface area contributed by atoms with Gasteiger partial charge in [-0.25, -0.2) is 4.39 Å². The van der Waals surface area contributed by atoms with Crippen molar-refractivity contribution in [2.45, 2.75) is 38.9 Å². The third-order valence-corrected chi connectivity index (χ3v) is 4.70. The molecule has 0 fully saturated rings. The van der Waals surface area contributed by atoms with Crippen LogP contribution in [0.4, 0.5) is 17.6 Å². The quantitative estimate of drug-likeness (QED) is 0.483. The summed E-state index contributed by atoms with van der Waals surface area (Å²) in [7, 11) is 0. The first-order valence-corrected chi connectivity index (χ1v) is 9.61. The lowest BCUT2D eigenvalue weighted by atomic mass is 9.93. The first-order valence-electron chi connectivity index (χ1n) is 9.61. The predicted octanol–water partition coefficient (Wildman–Crippen LogP) is 6.20. The van der Waals surface area contributed by atoms with Crippen molar-refractivity contribution in [1.82, 2.24) is 4.98 Å². The maximum atomic E-state index is 13.7. The number of halogens is 4. The molecule has 0 bridgehead atoms. The molecule has 0 aliphatic rings. The van der Waals surface area contributed by atoms with Crippen molar-refractivity contribution >= 4 is 10.9 Å². The predicted molar refractivity (Wildman–Crippen MR) is 110 cm³/mol. The Bertz CT molecular complexity index is 1040. The van der Waals surface area contributed by atoms with Crippen LogP contribution in [0.15, 0.2) is 48.7 Å². The molecule has 3 nitrogen and oxygen atoms in total. The summed E-state index contributed by atoms with van der Waals surface area (Å²) in [6, 6.07) is 9.60. The molecule has 30 heavy (non-hydrogen) atoms. The molecule has 0 saturated heterocycles.